The van der Waals surface area contributed by atoms with Gasteiger partial charge in [0.1, 0.15) is 0 Å². The molecule has 0 saturated carbocycles. The van der Waals surface area contributed by atoms with Gasteiger partial charge in [-0.2, -0.15) is 0 Å². The maximum absolute atomic E-state index is 12.3. The van der Waals surface area contributed by atoms with E-state index in [0.29, 0.717) is 10.4 Å². The number of carbonyl (C=O) groups is 2. The molecule has 1 aromatic rings. The minimum Gasteiger partial charge on any atom is -0.478 e. The number of hydrogen-bond donors (Lipinski definition) is 1. The van der Waals surface area contributed by atoms with E-state index in [2.05, 4.69) is 0 Å². The van der Waals surface area contributed by atoms with Crippen molar-refractivity contribution in [2.24, 2.45) is 0 Å². The van der Waals surface area contributed by atoms with Gasteiger partial charge in [-0.15, -0.1) is 11.3 Å². The maximum Gasteiger partial charge on any atom is 0.328 e. The summed E-state index contributed by atoms with van der Waals surface area (Å²) in [6, 6.07) is 1.66. The van der Waals surface area contributed by atoms with E-state index < -0.39 is 15.8 Å². The highest BCUT2D eigenvalue weighted by Crippen LogP contribution is 2.21. The Labute approximate surface area is 120 Å². The molecule has 1 fully saturated rings. The largest absolute Gasteiger partial charge is 0.478 e. The third kappa shape index (κ3) is 3.45. The van der Waals surface area contributed by atoms with E-state index in [9.17, 15) is 18.0 Å². The number of sulfone groups is 1. The van der Waals surface area contributed by atoms with Crippen LogP contribution in [0.1, 0.15) is 15.2 Å². The fraction of sp³-hybridized carbons (Fsp3) is 0.333. The molecular weight excluding hydrogens is 302 g/mol. The van der Waals surface area contributed by atoms with Crippen molar-refractivity contribution in [3.8, 4) is 0 Å². The van der Waals surface area contributed by atoms with Crippen LogP contribution in [0.25, 0.3) is 6.08 Å². The Hall–Kier alpha value is -1.67. The van der Waals surface area contributed by atoms with E-state index in [0.717, 1.165) is 6.08 Å². The molecule has 20 heavy (non-hydrogen) atoms. The second-order valence-electron chi connectivity index (χ2n) is 4.32. The number of hydrogen-bond acceptors (Lipinski definition) is 5. The molecule has 1 N–H and O–H groups in total. The lowest BCUT2D eigenvalue weighted by molar-refractivity contribution is -0.131. The highest BCUT2D eigenvalue weighted by Gasteiger charge is 2.27. The molecule has 6 nitrogen and oxygen atoms in total. The van der Waals surface area contributed by atoms with Crippen molar-refractivity contribution >= 4 is 39.1 Å². The van der Waals surface area contributed by atoms with Crippen LogP contribution in [-0.2, 0) is 14.6 Å². The Balaban J connectivity index is 2.14. The van der Waals surface area contributed by atoms with E-state index in [1.165, 1.54) is 22.3 Å². The zero-order chi connectivity index (χ0) is 14.8. The molecule has 108 valence electrons. The normalized spacial score (nSPS) is 18.3. The minimum absolute atomic E-state index is 0.0234. The van der Waals surface area contributed by atoms with Crippen LogP contribution in [0.3, 0.4) is 0 Å². The predicted molar refractivity (Wildman–Crippen MR) is 75.5 cm³/mol. The van der Waals surface area contributed by atoms with Gasteiger partial charge in [0.2, 0.25) is 0 Å². The van der Waals surface area contributed by atoms with E-state index in [1.807, 2.05) is 0 Å². The fourth-order valence-corrected chi connectivity index (χ4v) is 3.90. The molecule has 0 unspecified atom stereocenters. The molecular formula is C12H13NO5S2. The number of amides is 1. The van der Waals surface area contributed by atoms with E-state index in [-0.39, 0.29) is 30.5 Å². The van der Waals surface area contributed by atoms with Crippen LogP contribution in [0.4, 0.5) is 0 Å². The van der Waals surface area contributed by atoms with Crippen LogP contribution in [-0.4, -0.2) is 54.9 Å². The molecule has 1 aromatic heterocycles. The molecule has 1 aliphatic heterocycles. The number of nitrogens with zero attached hydrogens (tertiary/aromatic N) is 1. The van der Waals surface area contributed by atoms with E-state index >= 15 is 0 Å². The summed E-state index contributed by atoms with van der Waals surface area (Å²) in [7, 11) is -3.03. The van der Waals surface area contributed by atoms with Crippen molar-refractivity contribution in [1.82, 2.24) is 4.90 Å². The van der Waals surface area contributed by atoms with Crippen molar-refractivity contribution in [2.45, 2.75) is 0 Å². The van der Waals surface area contributed by atoms with Gasteiger partial charge in [0.25, 0.3) is 5.91 Å². The lowest BCUT2D eigenvalue weighted by atomic mass is 10.2. The van der Waals surface area contributed by atoms with E-state index in [1.54, 1.807) is 11.4 Å². The highest BCUT2D eigenvalue weighted by atomic mass is 32.2. The van der Waals surface area contributed by atoms with Crippen LogP contribution in [0.15, 0.2) is 17.5 Å². The number of carbonyl (C=O) groups excluding carboxylic acids is 1. The third-order valence-electron chi connectivity index (χ3n) is 2.93. The summed E-state index contributed by atoms with van der Waals surface area (Å²) in [4.78, 5) is 24.7. The zero-order valence-electron chi connectivity index (χ0n) is 10.5. The average molecular weight is 315 g/mol. The number of rotatable bonds is 3. The standard InChI is InChI=1S/C12H13NO5S2/c14-10(15)2-1-9-3-6-19-11(9)12(16)13-4-7-20(17,18)8-5-13/h1-3,6H,4-5,7-8H2,(H,14,15). The highest BCUT2D eigenvalue weighted by molar-refractivity contribution is 7.91. The molecule has 1 saturated heterocycles. The summed E-state index contributed by atoms with van der Waals surface area (Å²) in [6.07, 6.45) is 2.34. The predicted octanol–water partition coefficient (Wildman–Crippen LogP) is 0.717. The summed E-state index contributed by atoms with van der Waals surface area (Å²) < 4.78 is 22.7. The van der Waals surface area contributed by atoms with Gasteiger partial charge in [-0.3, -0.25) is 4.79 Å². The van der Waals surface area contributed by atoms with Gasteiger partial charge in [-0.25, -0.2) is 13.2 Å². The minimum atomic E-state index is -3.03. The molecule has 1 aliphatic rings. The number of carboxylic acids is 1. The zero-order valence-corrected chi connectivity index (χ0v) is 12.1. The Bertz CT molecular complexity index is 645. The van der Waals surface area contributed by atoms with Crippen LogP contribution in [0.2, 0.25) is 0 Å². The first-order valence-corrected chi connectivity index (χ1v) is 8.57. The van der Waals surface area contributed by atoms with Gasteiger partial charge in [-0.1, -0.05) is 0 Å². The lowest BCUT2D eigenvalue weighted by Crippen LogP contribution is -2.43. The van der Waals surface area contributed by atoms with Crippen molar-refractivity contribution in [2.75, 3.05) is 24.6 Å². The average Bonchev–Trinajstić information content (AvgIpc) is 2.83. The Morgan fingerprint density at radius 1 is 1.30 bits per heavy atom. The van der Waals surface area contributed by atoms with Crippen LogP contribution in [0.5, 0.6) is 0 Å². The smallest absolute Gasteiger partial charge is 0.328 e. The van der Waals surface area contributed by atoms with Gasteiger partial charge in [0.15, 0.2) is 9.84 Å². The molecule has 0 radical (unpaired) electrons. The first-order valence-electron chi connectivity index (χ1n) is 5.87. The molecule has 0 atom stereocenters. The van der Waals surface area contributed by atoms with Gasteiger partial charge >= 0.3 is 5.97 Å². The second-order valence-corrected chi connectivity index (χ2v) is 7.54. The summed E-state index contributed by atoms with van der Waals surface area (Å²) in [6.45, 7) is 0.363. The Kier molecular flexibility index (Phi) is 4.24. The SMILES string of the molecule is O=C(O)C=Cc1ccsc1C(=O)N1CCS(=O)(=O)CC1. The fourth-order valence-electron chi connectivity index (χ4n) is 1.84. The van der Waals surface area contributed by atoms with Gasteiger partial charge in [0.05, 0.1) is 16.4 Å². The van der Waals surface area contributed by atoms with Gasteiger partial charge in [-0.05, 0) is 23.1 Å². The summed E-state index contributed by atoms with van der Waals surface area (Å²) in [5, 5.41) is 10.3. The van der Waals surface area contributed by atoms with Crippen LogP contribution < -0.4 is 0 Å². The van der Waals surface area contributed by atoms with Crippen molar-refractivity contribution in [3.63, 3.8) is 0 Å². The molecule has 8 heteroatoms. The molecule has 2 rings (SSSR count). The van der Waals surface area contributed by atoms with Gasteiger partial charge < -0.3 is 10.0 Å². The molecule has 2 heterocycles. The Morgan fingerprint density at radius 2 is 1.95 bits per heavy atom. The first kappa shape index (κ1) is 14.7. The summed E-state index contributed by atoms with van der Waals surface area (Å²) in [5.74, 6) is -1.38. The van der Waals surface area contributed by atoms with E-state index in [4.69, 9.17) is 5.11 Å². The molecule has 0 bridgehead atoms. The van der Waals surface area contributed by atoms with Crippen LogP contribution in [0, 0.1) is 0 Å². The number of aliphatic carboxylic acids is 1. The topological polar surface area (TPSA) is 91.8 Å². The quantitative estimate of drug-likeness (QED) is 0.830. The summed E-state index contributed by atoms with van der Waals surface area (Å²) in [5.41, 5.74) is 0.538. The monoisotopic (exact) mass is 315 g/mol. The third-order valence-corrected chi connectivity index (χ3v) is 5.45. The van der Waals surface area contributed by atoms with Gasteiger partial charge in [0, 0.05) is 19.2 Å². The van der Waals surface area contributed by atoms with Crippen LogP contribution >= 0.6 is 11.3 Å². The van der Waals surface area contributed by atoms with Crippen molar-refractivity contribution in [3.05, 3.63) is 28.0 Å². The van der Waals surface area contributed by atoms with Crippen molar-refractivity contribution < 1.29 is 23.1 Å². The lowest BCUT2D eigenvalue weighted by Gasteiger charge is -2.26. The molecule has 0 spiro atoms. The Morgan fingerprint density at radius 3 is 2.55 bits per heavy atom. The molecule has 0 aliphatic carbocycles. The maximum atomic E-state index is 12.3. The molecule has 0 aromatic carbocycles. The van der Waals surface area contributed by atoms with Crippen molar-refractivity contribution in [1.29, 1.82) is 0 Å². The number of carboxylic acid groups (broad SMARTS) is 1. The summed E-state index contributed by atoms with van der Waals surface area (Å²) >= 11 is 1.22. The first-order chi connectivity index (χ1) is 9.39. The second kappa shape index (κ2) is 5.76. The molecule has 1 amide bonds. The number of thiophene rings is 1.